The molecule has 0 bridgehead atoms. The maximum Gasteiger partial charge on any atom is 0.0886 e. The third-order valence-corrected chi connectivity index (χ3v) is 2.46. The van der Waals surface area contributed by atoms with E-state index < -0.39 is 11.7 Å². The minimum absolute atomic E-state index is 0.466. The molecule has 0 radical (unpaired) electrons. The summed E-state index contributed by atoms with van der Waals surface area (Å²) >= 11 is 0. The quantitative estimate of drug-likeness (QED) is 0.797. The van der Waals surface area contributed by atoms with Gasteiger partial charge in [0.1, 0.15) is 0 Å². The predicted molar refractivity (Wildman–Crippen MR) is 57.0 cm³/mol. The monoisotopic (exact) mass is 194 g/mol. The number of ether oxygens (including phenoxy) is 1. The Balaban J connectivity index is 2.49. The van der Waals surface area contributed by atoms with Gasteiger partial charge in [-0.05, 0) is 26.3 Å². The summed E-state index contributed by atoms with van der Waals surface area (Å²) in [4.78, 5) is 0. The van der Waals surface area contributed by atoms with Crippen molar-refractivity contribution in [1.29, 1.82) is 0 Å². The number of aliphatic hydroxyl groups is 1. The van der Waals surface area contributed by atoms with Gasteiger partial charge in [0.2, 0.25) is 0 Å². The maximum atomic E-state index is 9.43. The highest BCUT2D eigenvalue weighted by Gasteiger charge is 2.24. The van der Waals surface area contributed by atoms with E-state index in [1.807, 2.05) is 44.2 Å². The molecule has 0 amide bonds. The minimum atomic E-state index is -0.490. The van der Waals surface area contributed by atoms with E-state index in [0.29, 0.717) is 6.61 Å². The zero-order valence-corrected chi connectivity index (χ0v) is 9.03. The number of aliphatic hydroxyl groups excluding tert-OH is 1. The average Bonchev–Trinajstić information content (AvgIpc) is 2.16. The van der Waals surface area contributed by atoms with E-state index in [-0.39, 0.29) is 0 Å². The molecule has 0 spiro atoms. The summed E-state index contributed by atoms with van der Waals surface area (Å²) in [7, 11) is 0. The topological polar surface area (TPSA) is 29.5 Å². The lowest BCUT2D eigenvalue weighted by atomic mass is 10.0. The molecular weight excluding hydrogens is 176 g/mol. The summed E-state index contributed by atoms with van der Waals surface area (Å²) in [5.74, 6) is 0. The van der Waals surface area contributed by atoms with Crippen LogP contribution in [0.1, 0.15) is 26.3 Å². The fourth-order valence-corrected chi connectivity index (χ4v) is 0.964. The molecular formula is C12H18O2. The van der Waals surface area contributed by atoms with Crippen LogP contribution in [-0.4, -0.2) is 16.8 Å². The van der Waals surface area contributed by atoms with E-state index >= 15 is 0 Å². The zero-order valence-electron chi connectivity index (χ0n) is 9.03. The summed E-state index contributed by atoms with van der Waals surface area (Å²) in [5.41, 5.74) is 0.636. The Morgan fingerprint density at radius 1 is 1.29 bits per heavy atom. The van der Waals surface area contributed by atoms with Gasteiger partial charge in [-0.2, -0.15) is 0 Å². The van der Waals surface area contributed by atoms with Crippen LogP contribution in [0, 0.1) is 0 Å². The highest BCUT2D eigenvalue weighted by molar-refractivity contribution is 5.13. The van der Waals surface area contributed by atoms with Gasteiger partial charge in [-0.3, -0.25) is 0 Å². The lowest BCUT2D eigenvalue weighted by Gasteiger charge is -2.28. The van der Waals surface area contributed by atoms with Crippen LogP contribution in [0.3, 0.4) is 0 Å². The molecule has 0 aliphatic rings. The molecule has 0 saturated heterocycles. The van der Waals surface area contributed by atoms with Gasteiger partial charge in [-0.15, -0.1) is 0 Å². The number of rotatable bonds is 4. The van der Waals surface area contributed by atoms with Crippen LogP contribution in [0.25, 0.3) is 0 Å². The van der Waals surface area contributed by atoms with Gasteiger partial charge in [0, 0.05) is 0 Å². The van der Waals surface area contributed by atoms with Crippen molar-refractivity contribution in [3.05, 3.63) is 35.9 Å². The number of hydrogen-bond donors (Lipinski definition) is 1. The van der Waals surface area contributed by atoms with Crippen LogP contribution >= 0.6 is 0 Å². The lowest BCUT2D eigenvalue weighted by Crippen LogP contribution is -2.36. The Labute approximate surface area is 85.5 Å². The third-order valence-electron chi connectivity index (χ3n) is 2.46. The zero-order chi connectivity index (χ0) is 10.6. The standard InChI is InChI=1S/C12H18O2/c1-10(13)12(2,3)14-9-11-7-5-4-6-8-11/h4-8,10,13H,9H2,1-3H3/t10-/m1/s1. The maximum absolute atomic E-state index is 9.43. The molecule has 1 aromatic carbocycles. The van der Waals surface area contributed by atoms with Crippen LogP contribution in [0.2, 0.25) is 0 Å². The summed E-state index contributed by atoms with van der Waals surface area (Å²) in [6.07, 6.45) is -0.466. The summed E-state index contributed by atoms with van der Waals surface area (Å²) in [6.45, 7) is 6.06. The summed E-state index contributed by atoms with van der Waals surface area (Å²) in [6, 6.07) is 9.96. The molecule has 0 aliphatic carbocycles. The van der Waals surface area contributed by atoms with Gasteiger partial charge >= 0.3 is 0 Å². The predicted octanol–water partition coefficient (Wildman–Crippen LogP) is 2.36. The summed E-state index contributed by atoms with van der Waals surface area (Å²) < 4.78 is 5.63. The number of benzene rings is 1. The van der Waals surface area contributed by atoms with E-state index in [1.54, 1.807) is 6.92 Å². The molecule has 0 heterocycles. The number of hydrogen-bond acceptors (Lipinski definition) is 2. The molecule has 2 heteroatoms. The van der Waals surface area contributed by atoms with Crippen LogP contribution in [0.5, 0.6) is 0 Å². The van der Waals surface area contributed by atoms with E-state index in [9.17, 15) is 5.11 Å². The Hall–Kier alpha value is -0.860. The first-order valence-corrected chi connectivity index (χ1v) is 4.88. The Morgan fingerprint density at radius 2 is 1.86 bits per heavy atom. The van der Waals surface area contributed by atoms with E-state index in [1.165, 1.54) is 0 Å². The molecule has 0 unspecified atom stereocenters. The van der Waals surface area contributed by atoms with Gasteiger partial charge < -0.3 is 9.84 Å². The lowest BCUT2D eigenvalue weighted by molar-refractivity contribution is -0.102. The van der Waals surface area contributed by atoms with Crippen LogP contribution in [-0.2, 0) is 11.3 Å². The first kappa shape index (κ1) is 11.2. The second kappa shape index (κ2) is 4.58. The third kappa shape index (κ3) is 3.13. The van der Waals surface area contributed by atoms with Crippen molar-refractivity contribution in [2.24, 2.45) is 0 Å². The molecule has 0 aliphatic heterocycles. The second-order valence-corrected chi connectivity index (χ2v) is 4.05. The normalized spacial score (nSPS) is 14.0. The van der Waals surface area contributed by atoms with Crippen LogP contribution in [0.15, 0.2) is 30.3 Å². The van der Waals surface area contributed by atoms with Crippen molar-refractivity contribution in [2.75, 3.05) is 0 Å². The van der Waals surface area contributed by atoms with E-state index in [2.05, 4.69) is 0 Å². The van der Waals surface area contributed by atoms with Crippen molar-refractivity contribution >= 4 is 0 Å². The highest BCUT2D eigenvalue weighted by Crippen LogP contribution is 2.16. The van der Waals surface area contributed by atoms with Crippen molar-refractivity contribution in [3.63, 3.8) is 0 Å². The highest BCUT2D eigenvalue weighted by atomic mass is 16.5. The van der Waals surface area contributed by atoms with Gasteiger partial charge in [0.15, 0.2) is 0 Å². The van der Waals surface area contributed by atoms with Crippen LogP contribution < -0.4 is 0 Å². The molecule has 1 rings (SSSR count). The molecule has 78 valence electrons. The van der Waals surface area contributed by atoms with Gasteiger partial charge in [0.05, 0.1) is 18.3 Å². The SMILES string of the molecule is C[C@@H](O)C(C)(C)OCc1ccccc1. The molecule has 1 atom stereocenters. The Bertz CT molecular complexity index is 265. The first-order chi connectivity index (χ1) is 6.52. The largest absolute Gasteiger partial charge is 0.390 e. The molecule has 0 aromatic heterocycles. The van der Waals surface area contributed by atoms with E-state index in [0.717, 1.165) is 5.56 Å². The average molecular weight is 194 g/mol. The fourth-order valence-electron chi connectivity index (χ4n) is 0.964. The van der Waals surface area contributed by atoms with Gasteiger partial charge in [0.25, 0.3) is 0 Å². The van der Waals surface area contributed by atoms with Gasteiger partial charge in [-0.25, -0.2) is 0 Å². The van der Waals surface area contributed by atoms with E-state index in [4.69, 9.17) is 4.74 Å². The van der Waals surface area contributed by atoms with Crippen molar-refractivity contribution < 1.29 is 9.84 Å². The van der Waals surface area contributed by atoms with Crippen molar-refractivity contribution in [3.8, 4) is 0 Å². The van der Waals surface area contributed by atoms with Crippen molar-refractivity contribution in [2.45, 2.75) is 39.1 Å². The molecule has 14 heavy (non-hydrogen) atoms. The molecule has 0 fully saturated rings. The summed E-state index contributed by atoms with van der Waals surface area (Å²) in [5, 5.41) is 9.43. The molecule has 1 aromatic rings. The molecule has 0 saturated carbocycles. The van der Waals surface area contributed by atoms with Crippen molar-refractivity contribution in [1.82, 2.24) is 0 Å². The second-order valence-electron chi connectivity index (χ2n) is 4.05. The Kier molecular flexibility index (Phi) is 3.67. The smallest absolute Gasteiger partial charge is 0.0886 e. The van der Waals surface area contributed by atoms with Crippen LogP contribution in [0.4, 0.5) is 0 Å². The van der Waals surface area contributed by atoms with Gasteiger partial charge in [-0.1, -0.05) is 30.3 Å². The molecule has 2 nitrogen and oxygen atoms in total. The minimum Gasteiger partial charge on any atom is -0.390 e. The Morgan fingerprint density at radius 3 is 2.36 bits per heavy atom. The fraction of sp³-hybridized carbons (Fsp3) is 0.500. The molecule has 1 N–H and O–H groups in total. The first-order valence-electron chi connectivity index (χ1n) is 4.88.